The summed E-state index contributed by atoms with van der Waals surface area (Å²) in [6.45, 7) is 9.43. The van der Waals surface area contributed by atoms with Crippen LogP contribution in [0.1, 0.15) is 46.0 Å². The van der Waals surface area contributed by atoms with Crippen LogP contribution in [0.15, 0.2) is 47.6 Å². The van der Waals surface area contributed by atoms with Crippen LogP contribution in [-0.4, -0.2) is 28.5 Å². The van der Waals surface area contributed by atoms with Gasteiger partial charge in [0.25, 0.3) is 5.56 Å². The molecule has 0 aliphatic rings. The van der Waals surface area contributed by atoms with Crippen LogP contribution in [0.2, 0.25) is 0 Å². The second kappa shape index (κ2) is 10.1. The zero-order chi connectivity index (χ0) is 24.5. The first-order valence-corrected chi connectivity index (χ1v) is 12.4. The van der Waals surface area contributed by atoms with E-state index in [1.165, 1.54) is 17.8 Å². The highest BCUT2D eigenvalue weighted by atomic mass is 79.9. The van der Waals surface area contributed by atoms with Crippen LogP contribution in [-0.2, 0) is 10.2 Å². The maximum absolute atomic E-state index is 13.4. The summed E-state index contributed by atoms with van der Waals surface area (Å²) in [5.74, 6) is 0.682. The molecule has 174 valence electrons. The Labute approximate surface area is 216 Å². The molecule has 3 aromatic rings. The van der Waals surface area contributed by atoms with Crippen molar-refractivity contribution >= 4 is 70.9 Å². The number of hydrogen-bond donors (Lipinski definition) is 0. The van der Waals surface area contributed by atoms with E-state index in [4.69, 9.17) is 14.5 Å². The maximum Gasteiger partial charge on any atom is 0.308 e. The number of carbonyl (C=O) groups is 1. The predicted molar refractivity (Wildman–Crippen MR) is 140 cm³/mol. The van der Waals surface area contributed by atoms with E-state index in [1.807, 2.05) is 33.8 Å². The summed E-state index contributed by atoms with van der Waals surface area (Å²) in [4.78, 5) is 29.6. The molecule has 3 rings (SSSR count). The summed E-state index contributed by atoms with van der Waals surface area (Å²) in [6.07, 6.45) is 1.54. The van der Waals surface area contributed by atoms with E-state index in [0.717, 1.165) is 4.47 Å². The summed E-state index contributed by atoms with van der Waals surface area (Å²) < 4.78 is 14.2. The Balaban J connectivity index is 2.22. The molecule has 0 spiro atoms. The average molecular weight is 644 g/mol. The normalized spacial score (nSPS) is 11.9. The maximum atomic E-state index is 13.4. The van der Waals surface area contributed by atoms with E-state index in [-0.39, 0.29) is 11.3 Å². The van der Waals surface area contributed by atoms with Gasteiger partial charge in [0.15, 0.2) is 11.5 Å². The van der Waals surface area contributed by atoms with Gasteiger partial charge in [-0.1, -0.05) is 36.7 Å². The minimum atomic E-state index is -0.472. The molecule has 0 radical (unpaired) electrons. The van der Waals surface area contributed by atoms with Gasteiger partial charge in [0, 0.05) is 26.8 Å². The van der Waals surface area contributed by atoms with Crippen molar-refractivity contribution in [2.24, 2.45) is 5.10 Å². The van der Waals surface area contributed by atoms with Gasteiger partial charge in [-0.05, 0) is 63.0 Å². The van der Waals surface area contributed by atoms with Crippen molar-refractivity contribution in [3.63, 3.8) is 0 Å². The number of rotatable bonds is 5. The number of halogens is 3. The van der Waals surface area contributed by atoms with Gasteiger partial charge in [0.1, 0.15) is 5.82 Å². The Bertz CT molecular complexity index is 1330. The van der Waals surface area contributed by atoms with Crippen molar-refractivity contribution in [2.75, 3.05) is 6.61 Å². The van der Waals surface area contributed by atoms with Crippen LogP contribution < -0.4 is 15.0 Å². The molecule has 1 heterocycles. The van der Waals surface area contributed by atoms with Gasteiger partial charge in [0.2, 0.25) is 0 Å². The molecule has 0 amide bonds. The Hall–Kier alpha value is -2.04. The Morgan fingerprint density at radius 3 is 2.48 bits per heavy atom. The number of ether oxygens (including phenoxy) is 2. The number of fused-ring (bicyclic) bond motifs is 1. The summed E-state index contributed by atoms with van der Waals surface area (Å²) >= 11 is 10.4. The monoisotopic (exact) mass is 641 g/mol. The van der Waals surface area contributed by atoms with Gasteiger partial charge >= 0.3 is 5.97 Å². The molecule has 10 heteroatoms. The topological polar surface area (TPSA) is 82.8 Å². The molecule has 2 aromatic carbocycles. The molecule has 1 aromatic heterocycles. The minimum absolute atomic E-state index is 0.262. The molecule has 33 heavy (non-hydrogen) atoms. The zero-order valence-corrected chi connectivity index (χ0v) is 23.5. The summed E-state index contributed by atoms with van der Waals surface area (Å²) in [5, 5.41) is 4.96. The van der Waals surface area contributed by atoms with Crippen molar-refractivity contribution in [3.05, 3.63) is 59.4 Å². The van der Waals surface area contributed by atoms with Gasteiger partial charge in [-0.15, -0.1) is 0 Å². The van der Waals surface area contributed by atoms with Crippen molar-refractivity contribution in [1.29, 1.82) is 0 Å². The lowest BCUT2D eigenvalue weighted by Crippen LogP contribution is -2.29. The molecule has 0 saturated carbocycles. The fourth-order valence-electron chi connectivity index (χ4n) is 3.06. The van der Waals surface area contributed by atoms with Crippen LogP contribution in [0.5, 0.6) is 11.5 Å². The first-order valence-electron chi connectivity index (χ1n) is 10.0. The minimum Gasteiger partial charge on any atom is -0.490 e. The third kappa shape index (κ3) is 5.55. The molecule has 0 aliphatic carbocycles. The SMILES string of the molecule is CCOc1cc(C=Nn2c(C(C)(C)C)nc3ccc(Br)cc3c2=O)c(Br)c(Br)c1OC(C)=O. The number of esters is 1. The Morgan fingerprint density at radius 1 is 1.18 bits per heavy atom. The molecular weight excluding hydrogens is 622 g/mol. The van der Waals surface area contributed by atoms with E-state index in [9.17, 15) is 9.59 Å². The first kappa shape index (κ1) is 25.6. The van der Waals surface area contributed by atoms with E-state index >= 15 is 0 Å². The van der Waals surface area contributed by atoms with Crippen molar-refractivity contribution < 1.29 is 14.3 Å². The molecular formula is C23H22Br3N3O4. The van der Waals surface area contributed by atoms with Crippen molar-refractivity contribution in [2.45, 2.75) is 40.0 Å². The van der Waals surface area contributed by atoms with Gasteiger partial charge < -0.3 is 9.47 Å². The fraction of sp³-hybridized carbons (Fsp3) is 0.304. The molecule has 0 saturated heterocycles. The molecule has 0 aliphatic heterocycles. The van der Waals surface area contributed by atoms with E-state index in [0.29, 0.717) is 43.6 Å². The van der Waals surface area contributed by atoms with Crippen LogP contribution in [0.25, 0.3) is 10.9 Å². The quantitative estimate of drug-likeness (QED) is 0.188. The smallest absolute Gasteiger partial charge is 0.308 e. The number of carbonyl (C=O) groups excluding carboxylic acids is 1. The first-order chi connectivity index (χ1) is 15.4. The lowest BCUT2D eigenvalue weighted by atomic mass is 9.95. The summed E-state index contributed by atoms with van der Waals surface area (Å²) in [7, 11) is 0. The van der Waals surface area contributed by atoms with Gasteiger partial charge in [-0.2, -0.15) is 9.78 Å². The number of aromatic nitrogens is 2. The molecule has 7 nitrogen and oxygen atoms in total. The largest absolute Gasteiger partial charge is 0.490 e. The number of benzene rings is 2. The third-order valence-electron chi connectivity index (χ3n) is 4.49. The molecule has 0 N–H and O–H groups in total. The van der Waals surface area contributed by atoms with Crippen molar-refractivity contribution in [3.8, 4) is 11.5 Å². The zero-order valence-electron chi connectivity index (χ0n) is 18.7. The van der Waals surface area contributed by atoms with Crippen molar-refractivity contribution in [1.82, 2.24) is 9.66 Å². The Kier molecular flexibility index (Phi) is 7.80. The summed E-state index contributed by atoms with van der Waals surface area (Å²) in [6, 6.07) is 7.08. The molecule has 0 atom stereocenters. The van der Waals surface area contributed by atoms with E-state index in [2.05, 4.69) is 52.9 Å². The highest BCUT2D eigenvalue weighted by Crippen LogP contribution is 2.42. The standard InChI is InChI=1S/C23H22Br3N3O4/c1-6-32-17-9-13(18(25)19(26)20(17)33-12(2)30)11-27-29-21(31)15-10-14(24)7-8-16(15)28-22(29)23(3,4)5/h7-11H,6H2,1-5H3. The predicted octanol–water partition coefficient (Wildman–Crippen LogP) is 6.19. The van der Waals surface area contributed by atoms with E-state index in [1.54, 1.807) is 18.2 Å². The average Bonchev–Trinajstić information content (AvgIpc) is 2.72. The van der Waals surface area contributed by atoms with Gasteiger partial charge in [-0.25, -0.2) is 4.98 Å². The number of hydrogen-bond acceptors (Lipinski definition) is 6. The highest BCUT2D eigenvalue weighted by Gasteiger charge is 2.23. The van der Waals surface area contributed by atoms with Crippen LogP contribution >= 0.6 is 47.8 Å². The van der Waals surface area contributed by atoms with Crippen LogP contribution in [0.3, 0.4) is 0 Å². The van der Waals surface area contributed by atoms with Gasteiger partial charge in [-0.3, -0.25) is 9.59 Å². The second-order valence-corrected chi connectivity index (χ2v) is 10.7. The van der Waals surface area contributed by atoms with Gasteiger partial charge in [0.05, 0.1) is 28.2 Å². The Morgan fingerprint density at radius 2 is 1.88 bits per heavy atom. The number of nitrogens with zero attached hydrogens (tertiary/aromatic N) is 3. The highest BCUT2D eigenvalue weighted by molar-refractivity contribution is 9.13. The molecule has 0 unspecified atom stereocenters. The lowest BCUT2D eigenvalue weighted by molar-refractivity contribution is -0.132. The van der Waals surface area contributed by atoms with Crippen LogP contribution in [0, 0.1) is 0 Å². The molecule has 0 bridgehead atoms. The molecule has 0 fully saturated rings. The summed E-state index contributed by atoms with van der Waals surface area (Å²) in [5.41, 5.74) is 0.500. The fourth-order valence-corrected chi connectivity index (χ4v) is 4.32. The second-order valence-electron chi connectivity index (χ2n) is 8.16. The third-order valence-corrected chi connectivity index (χ3v) is 7.13. The lowest BCUT2D eigenvalue weighted by Gasteiger charge is -2.21. The van der Waals surface area contributed by atoms with Crippen LogP contribution in [0.4, 0.5) is 0 Å². The van der Waals surface area contributed by atoms with E-state index < -0.39 is 11.4 Å².